The van der Waals surface area contributed by atoms with E-state index in [-0.39, 0.29) is 5.91 Å². The van der Waals surface area contributed by atoms with E-state index in [2.05, 4.69) is 5.32 Å². The first-order valence-electron chi connectivity index (χ1n) is 4.15. The van der Waals surface area contributed by atoms with Gasteiger partial charge in [0.1, 0.15) is 0 Å². The fourth-order valence-corrected chi connectivity index (χ4v) is 1.35. The lowest BCUT2D eigenvalue weighted by atomic mass is 10.1. The first-order valence-corrected chi connectivity index (χ1v) is 4.15. The number of hydrogen-bond donors (Lipinski definition) is 2. The van der Waals surface area contributed by atoms with Gasteiger partial charge in [0.25, 0.3) is 0 Å². The maximum atomic E-state index is 10.8. The highest BCUT2D eigenvalue weighted by atomic mass is 16.1. The molecular formula is C10H14N2O. The van der Waals surface area contributed by atoms with Crippen LogP contribution in [0.5, 0.6) is 0 Å². The summed E-state index contributed by atoms with van der Waals surface area (Å²) in [7, 11) is 0. The third-order valence-corrected chi connectivity index (χ3v) is 1.81. The predicted molar refractivity (Wildman–Crippen MR) is 54.6 cm³/mol. The van der Waals surface area contributed by atoms with Crippen molar-refractivity contribution < 1.29 is 4.79 Å². The molecule has 0 heterocycles. The van der Waals surface area contributed by atoms with Crippen LogP contribution in [-0.4, -0.2) is 5.91 Å². The number of nitrogens with one attached hydrogen (secondary N) is 1. The van der Waals surface area contributed by atoms with Crippen LogP contribution in [0, 0.1) is 13.8 Å². The Morgan fingerprint density at radius 1 is 1.38 bits per heavy atom. The van der Waals surface area contributed by atoms with Crippen molar-refractivity contribution in [3.63, 3.8) is 0 Å². The molecule has 0 saturated carbocycles. The summed E-state index contributed by atoms with van der Waals surface area (Å²) in [4.78, 5) is 10.8. The molecule has 1 aromatic rings. The van der Waals surface area contributed by atoms with Gasteiger partial charge in [-0.25, -0.2) is 0 Å². The highest BCUT2D eigenvalue weighted by Gasteiger charge is 2.04. The Hall–Kier alpha value is -1.51. The number of rotatable bonds is 1. The van der Waals surface area contributed by atoms with E-state index in [1.165, 1.54) is 6.92 Å². The average molecular weight is 178 g/mol. The standard InChI is InChI=1S/C10H14N2O/c1-6-4-7(2)10(9(11)5-6)12-8(3)13/h4-5H,11H2,1-3H3,(H,12,13). The number of nitrogen functional groups attached to an aromatic ring is 1. The van der Waals surface area contributed by atoms with Gasteiger partial charge in [-0.1, -0.05) is 6.07 Å². The van der Waals surface area contributed by atoms with Crippen LogP contribution in [0.15, 0.2) is 12.1 Å². The average Bonchev–Trinajstić information content (AvgIpc) is 1.96. The molecule has 0 spiro atoms. The molecule has 0 radical (unpaired) electrons. The first-order chi connectivity index (χ1) is 6.00. The second kappa shape index (κ2) is 3.47. The minimum Gasteiger partial charge on any atom is -0.397 e. The van der Waals surface area contributed by atoms with Crippen LogP contribution in [-0.2, 0) is 4.79 Å². The maximum Gasteiger partial charge on any atom is 0.221 e. The molecule has 3 nitrogen and oxygen atoms in total. The van der Waals surface area contributed by atoms with E-state index in [0.29, 0.717) is 5.69 Å². The normalized spacial score (nSPS) is 9.77. The van der Waals surface area contributed by atoms with E-state index >= 15 is 0 Å². The van der Waals surface area contributed by atoms with E-state index in [1.54, 1.807) is 0 Å². The number of benzene rings is 1. The summed E-state index contributed by atoms with van der Waals surface area (Å²) >= 11 is 0. The Kier molecular flexibility index (Phi) is 2.56. The van der Waals surface area contributed by atoms with Gasteiger partial charge in [0.05, 0.1) is 11.4 Å². The molecule has 0 saturated heterocycles. The zero-order valence-electron chi connectivity index (χ0n) is 8.14. The van der Waals surface area contributed by atoms with Gasteiger partial charge in [-0.2, -0.15) is 0 Å². The number of carbonyl (C=O) groups is 1. The quantitative estimate of drug-likeness (QED) is 0.645. The predicted octanol–water partition coefficient (Wildman–Crippen LogP) is 1.84. The number of hydrogen-bond acceptors (Lipinski definition) is 2. The van der Waals surface area contributed by atoms with Crippen LogP contribution in [0.25, 0.3) is 0 Å². The number of amides is 1. The minimum absolute atomic E-state index is 0.0985. The van der Waals surface area contributed by atoms with E-state index in [1.807, 2.05) is 26.0 Å². The molecular weight excluding hydrogens is 164 g/mol. The molecule has 1 aromatic carbocycles. The molecule has 0 bridgehead atoms. The summed E-state index contributed by atoms with van der Waals surface area (Å²) in [5, 5.41) is 2.70. The highest BCUT2D eigenvalue weighted by Crippen LogP contribution is 2.24. The zero-order valence-corrected chi connectivity index (χ0v) is 8.14. The van der Waals surface area contributed by atoms with Crippen molar-refractivity contribution >= 4 is 17.3 Å². The fourth-order valence-electron chi connectivity index (χ4n) is 1.35. The number of aryl methyl sites for hydroxylation is 2. The largest absolute Gasteiger partial charge is 0.397 e. The molecule has 0 aliphatic rings. The number of anilines is 2. The molecule has 1 rings (SSSR count). The molecule has 0 aliphatic heterocycles. The van der Waals surface area contributed by atoms with Crippen molar-refractivity contribution in [3.05, 3.63) is 23.3 Å². The molecule has 1 amide bonds. The van der Waals surface area contributed by atoms with Crippen LogP contribution in [0.3, 0.4) is 0 Å². The van der Waals surface area contributed by atoms with Gasteiger partial charge in [0, 0.05) is 6.92 Å². The Morgan fingerprint density at radius 2 is 2.00 bits per heavy atom. The second-order valence-corrected chi connectivity index (χ2v) is 3.23. The second-order valence-electron chi connectivity index (χ2n) is 3.23. The third kappa shape index (κ3) is 2.21. The van der Waals surface area contributed by atoms with Crippen LogP contribution in [0.2, 0.25) is 0 Å². The monoisotopic (exact) mass is 178 g/mol. The van der Waals surface area contributed by atoms with Gasteiger partial charge in [-0.3, -0.25) is 4.79 Å². The minimum atomic E-state index is -0.0985. The van der Waals surface area contributed by atoms with Crippen molar-refractivity contribution in [1.82, 2.24) is 0 Å². The van der Waals surface area contributed by atoms with E-state index in [0.717, 1.165) is 16.8 Å². The summed E-state index contributed by atoms with van der Waals surface area (Å²) in [6.07, 6.45) is 0. The Bertz CT molecular complexity index is 322. The Balaban J connectivity index is 3.13. The summed E-state index contributed by atoms with van der Waals surface area (Å²) < 4.78 is 0. The molecule has 0 fully saturated rings. The molecule has 3 heteroatoms. The lowest BCUT2D eigenvalue weighted by molar-refractivity contribution is -0.114. The Labute approximate surface area is 77.9 Å². The van der Waals surface area contributed by atoms with Crippen LogP contribution in [0.4, 0.5) is 11.4 Å². The SMILES string of the molecule is CC(=O)Nc1c(C)cc(C)cc1N. The molecule has 0 aromatic heterocycles. The lowest BCUT2D eigenvalue weighted by Gasteiger charge is -2.10. The van der Waals surface area contributed by atoms with Crippen LogP contribution >= 0.6 is 0 Å². The van der Waals surface area contributed by atoms with Gasteiger partial charge in [0.15, 0.2) is 0 Å². The van der Waals surface area contributed by atoms with Crippen molar-refractivity contribution in [2.24, 2.45) is 0 Å². The molecule has 0 atom stereocenters. The van der Waals surface area contributed by atoms with Gasteiger partial charge in [0.2, 0.25) is 5.91 Å². The van der Waals surface area contributed by atoms with Gasteiger partial charge in [-0.15, -0.1) is 0 Å². The number of nitrogens with two attached hydrogens (primary N) is 1. The first kappa shape index (κ1) is 9.58. The Morgan fingerprint density at radius 3 is 2.46 bits per heavy atom. The van der Waals surface area contributed by atoms with E-state index in [4.69, 9.17) is 5.73 Å². The maximum absolute atomic E-state index is 10.8. The van der Waals surface area contributed by atoms with Gasteiger partial charge in [-0.05, 0) is 31.0 Å². The highest BCUT2D eigenvalue weighted by molar-refractivity contribution is 5.93. The van der Waals surface area contributed by atoms with Crippen LogP contribution in [0.1, 0.15) is 18.1 Å². The van der Waals surface area contributed by atoms with E-state index in [9.17, 15) is 4.79 Å². The number of carbonyl (C=O) groups excluding carboxylic acids is 1. The molecule has 70 valence electrons. The van der Waals surface area contributed by atoms with Crippen molar-refractivity contribution in [2.75, 3.05) is 11.1 Å². The zero-order chi connectivity index (χ0) is 10.0. The summed E-state index contributed by atoms with van der Waals surface area (Å²) in [5.41, 5.74) is 9.19. The molecule has 0 aliphatic carbocycles. The summed E-state index contributed by atoms with van der Waals surface area (Å²) in [6.45, 7) is 5.37. The lowest BCUT2D eigenvalue weighted by Crippen LogP contribution is -2.09. The topological polar surface area (TPSA) is 55.1 Å². The van der Waals surface area contributed by atoms with Gasteiger partial charge < -0.3 is 11.1 Å². The summed E-state index contributed by atoms with van der Waals surface area (Å²) in [5.74, 6) is -0.0985. The van der Waals surface area contributed by atoms with Crippen molar-refractivity contribution in [3.8, 4) is 0 Å². The third-order valence-electron chi connectivity index (χ3n) is 1.81. The fraction of sp³-hybridized carbons (Fsp3) is 0.300. The molecule has 3 N–H and O–H groups in total. The molecule has 13 heavy (non-hydrogen) atoms. The van der Waals surface area contributed by atoms with Gasteiger partial charge >= 0.3 is 0 Å². The summed E-state index contributed by atoms with van der Waals surface area (Å²) in [6, 6.07) is 3.83. The van der Waals surface area contributed by atoms with Crippen LogP contribution < -0.4 is 11.1 Å². The van der Waals surface area contributed by atoms with E-state index < -0.39 is 0 Å². The smallest absolute Gasteiger partial charge is 0.221 e. The van der Waals surface area contributed by atoms with Crippen molar-refractivity contribution in [2.45, 2.75) is 20.8 Å². The van der Waals surface area contributed by atoms with Crippen molar-refractivity contribution in [1.29, 1.82) is 0 Å². The molecule has 0 unspecified atom stereocenters.